The Balaban J connectivity index is 2.73. The predicted octanol–water partition coefficient (Wildman–Crippen LogP) is -0.156. The molecule has 0 bridgehead atoms. The lowest BCUT2D eigenvalue weighted by Crippen LogP contribution is -2.48. The van der Waals surface area contributed by atoms with Gasteiger partial charge in [0.1, 0.15) is 5.85 Å². The number of likely N-dealkylation sites (tertiary alicyclic amines) is 1. The molecule has 1 saturated heterocycles. The number of phosphoric acid groups is 1. The lowest BCUT2D eigenvalue weighted by Gasteiger charge is -2.39. The first-order valence-electron chi connectivity index (χ1n) is 5.98. The van der Waals surface area contributed by atoms with E-state index in [0.29, 0.717) is 11.0 Å². The van der Waals surface area contributed by atoms with E-state index in [4.69, 9.17) is 14.7 Å². The lowest BCUT2D eigenvalue weighted by molar-refractivity contribution is -0.898. The van der Waals surface area contributed by atoms with E-state index in [0.717, 1.165) is 19.4 Å². The molecule has 3 unspecified atom stereocenters. The third kappa shape index (κ3) is 6.47. The minimum Gasteiger partial charge on any atom is -0.777 e. The van der Waals surface area contributed by atoms with Crippen molar-refractivity contribution in [2.45, 2.75) is 25.1 Å². The maximum Gasteiger partial charge on any atom is 0.470 e. The Morgan fingerprint density at radius 3 is 2.37 bits per heavy atom. The fraction of sp³-hybridized carbons (Fsp3) is 1.00. The summed E-state index contributed by atoms with van der Waals surface area (Å²) in [6, 6.07) is 0. The summed E-state index contributed by atoms with van der Waals surface area (Å²) in [4.78, 5) is 37.6. The smallest absolute Gasteiger partial charge is 0.470 e. The van der Waals surface area contributed by atoms with Crippen molar-refractivity contribution in [1.82, 2.24) is 0 Å². The highest BCUT2D eigenvalue weighted by Gasteiger charge is 2.35. The topological polar surface area (TPSA) is 127 Å². The van der Waals surface area contributed by atoms with Crippen LogP contribution in [0.5, 0.6) is 0 Å². The van der Waals surface area contributed by atoms with Gasteiger partial charge >= 0.3 is 7.82 Å². The first kappa shape index (κ1) is 17.3. The Morgan fingerprint density at radius 1 is 1.37 bits per heavy atom. The van der Waals surface area contributed by atoms with Gasteiger partial charge in [0.25, 0.3) is 0 Å². The first-order chi connectivity index (χ1) is 8.39. The molecule has 3 N–H and O–H groups in total. The second kappa shape index (κ2) is 5.92. The van der Waals surface area contributed by atoms with Crippen molar-refractivity contribution in [2.24, 2.45) is 5.92 Å². The van der Waals surface area contributed by atoms with Crippen LogP contribution in [0.15, 0.2) is 0 Å². The van der Waals surface area contributed by atoms with Crippen LogP contribution in [0.1, 0.15) is 19.3 Å². The largest absolute Gasteiger partial charge is 0.777 e. The Bertz CT molecular complexity index is 401. The molecule has 0 aromatic carbocycles. The summed E-state index contributed by atoms with van der Waals surface area (Å²) in [5, 5.41) is 0. The first-order valence-corrected chi connectivity index (χ1v) is 9.16. The van der Waals surface area contributed by atoms with Crippen molar-refractivity contribution in [3.05, 3.63) is 0 Å². The van der Waals surface area contributed by atoms with Gasteiger partial charge in [-0.1, -0.05) is 0 Å². The molecule has 114 valence electrons. The van der Waals surface area contributed by atoms with Crippen molar-refractivity contribution >= 4 is 15.4 Å². The van der Waals surface area contributed by atoms with Crippen LogP contribution in [0, 0.1) is 5.92 Å². The fourth-order valence-electron chi connectivity index (χ4n) is 2.56. The molecular formula is C9H21NO7P2. The summed E-state index contributed by atoms with van der Waals surface area (Å²) in [5.74, 6) is -1.91. The summed E-state index contributed by atoms with van der Waals surface area (Å²) >= 11 is 0. The molecule has 0 radical (unpaired) electrons. The Hall–Kier alpha value is 0.220. The van der Waals surface area contributed by atoms with E-state index in [1.165, 1.54) is 0 Å². The zero-order valence-electron chi connectivity index (χ0n) is 11.0. The number of quaternary nitrogens is 1. The lowest BCUT2D eigenvalue weighted by atomic mass is 9.94. The Labute approximate surface area is 112 Å². The van der Waals surface area contributed by atoms with E-state index in [-0.39, 0.29) is 12.3 Å². The van der Waals surface area contributed by atoms with Crippen LogP contribution in [-0.4, -0.2) is 52.2 Å². The van der Waals surface area contributed by atoms with Crippen LogP contribution in [0.4, 0.5) is 0 Å². The SMILES string of the molecule is C[N+]1(C)CCCC(CC(OP(=O)(O)O)P(=O)([O-])O)C1. The van der Waals surface area contributed by atoms with Gasteiger partial charge in [-0.3, -0.25) is 4.52 Å². The van der Waals surface area contributed by atoms with Gasteiger partial charge in [0.05, 0.1) is 27.2 Å². The number of hydrogen-bond acceptors (Lipinski definition) is 4. The highest BCUT2D eigenvalue weighted by Crippen LogP contribution is 2.50. The number of nitrogens with zero attached hydrogens (tertiary/aromatic N) is 1. The maximum atomic E-state index is 11.2. The molecule has 1 aliphatic heterocycles. The Morgan fingerprint density at radius 2 is 1.95 bits per heavy atom. The molecule has 0 spiro atoms. The van der Waals surface area contributed by atoms with Crippen LogP contribution in [0.25, 0.3) is 0 Å². The molecule has 0 aromatic rings. The standard InChI is InChI=1S/C9H21NO7P2/c1-10(2)5-3-4-8(7-10)6-9(18(11,12)13)17-19(14,15)16/h8-9H,3-7H2,1-2H3,(H3-,11,12,13,14,15,16). The minimum absolute atomic E-state index is 0.0604. The van der Waals surface area contributed by atoms with Gasteiger partial charge in [-0.15, -0.1) is 0 Å². The van der Waals surface area contributed by atoms with Crippen molar-refractivity contribution in [3.8, 4) is 0 Å². The molecule has 1 aliphatic rings. The predicted molar refractivity (Wildman–Crippen MR) is 65.9 cm³/mol. The van der Waals surface area contributed by atoms with E-state index in [1.54, 1.807) is 0 Å². The van der Waals surface area contributed by atoms with E-state index in [1.807, 2.05) is 14.1 Å². The van der Waals surface area contributed by atoms with E-state index >= 15 is 0 Å². The van der Waals surface area contributed by atoms with Crippen LogP contribution in [0.3, 0.4) is 0 Å². The van der Waals surface area contributed by atoms with Crippen molar-refractivity contribution in [2.75, 3.05) is 27.2 Å². The van der Waals surface area contributed by atoms with Gasteiger partial charge in [0.15, 0.2) is 7.60 Å². The molecule has 19 heavy (non-hydrogen) atoms. The third-order valence-corrected chi connectivity index (χ3v) is 5.03. The van der Waals surface area contributed by atoms with Gasteiger partial charge in [-0.05, 0) is 19.3 Å². The monoisotopic (exact) mass is 317 g/mol. The normalized spacial score (nSPS) is 28.6. The number of rotatable bonds is 5. The molecule has 1 fully saturated rings. The average molecular weight is 317 g/mol. The molecule has 1 heterocycles. The van der Waals surface area contributed by atoms with Gasteiger partial charge in [0.2, 0.25) is 0 Å². The van der Waals surface area contributed by atoms with Gasteiger partial charge < -0.3 is 28.6 Å². The molecule has 1 rings (SSSR count). The molecule has 0 saturated carbocycles. The maximum absolute atomic E-state index is 11.2. The fourth-order valence-corrected chi connectivity index (χ4v) is 4.37. The molecule has 3 atom stereocenters. The highest BCUT2D eigenvalue weighted by molar-refractivity contribution is 7.52. The van der Waals surface area contributed by atoms with E-state index in [9.17, 15) is 14.0 Å². The van der Waals surface area contributed by atoms with Crippen LogP contribution >= 0.6 is 15.4 Å². The molecular weight excluding hydrogens is 296 g/mol. The molecule has 0 aliphatic carbocycles. The van der Waals surface area contributed by atoms with Crippen LogP contribution in [-0.2, 0) is 13.7 Å². The average Bonchev–Trinajstić information content (AvgIpc) is 2.11. The second-order valence-electron chi connectivity index (χ2n) is 5.70. The molecule has 8 nitrogen and oxygen atoms in total. The van der Waals surface area contributed by atoms with Gasteiger partial charge in [-0.2, -0.15) is 0 Å². The zero-order chi connectivity index (χ0) is 14.9. The number of phosphoric ester groups is 1. The van der Waals surface area contributed by atoms with Crippen LogP contribution in [0.2, 0.25) is 0 Å². The molecule has 10 heteroatoms. The molecule has 0 aromatic heterocycles. The van der Waals surface area contributed by atoms with E-state index in [2.05, 4.69) is 4.52 Å². The number of hydrogen-bond donors (Lipinski definition) is 3. The summed E-state index contributed by atoms with van der Waals surface area (Å²) in [7, 11) is -5.91. The number of piperidine rings is 1. The highest BCUT2D eigenvalue weighted by atomic mass is 31.2. The van der Waals surface area contributed by atoms with Crippen molar-refractivity contribution in [3.63, 3.8) is 0 Å². The Kier molecular flexibility index (Phi) is 5.38. The molecule has 0 amide bonds. The van der Waals surface area contributed by atoms with Crippen molar-refractivity contribution < 1.29 is 37.7 Å². The minimum atomic E-state index is -4.96. The third-order valence-electron chi connectivity index (χ3n) is 3.29. The van der Waals surface area contributed by atoms with Gasteiger partial charge in [0, 0.05) is 5.92 Å². The van der Waals surface area contributed by atoms with Crippen molar-refractivity contribution in [1.29, 1.82) is 0 Å². The van der Waals surface area contributed by atoms with Crippen LogP contribution < -0.4 is 4.89 Å². The van der Waals surface area contributed by atoms with Gasteiger partial charge in [-0.25, -0.2) is 4.57 Å². The summed E-state index contributed by atoms with van der Waals surface area (Å²) in [6.07, 6.45) is 1.54. The zero-order valence-corrected chi connectivity index (χ0v) is 12.8. The quantitative estimate of drug-likeness (QED) is 0.475. The summed E-state index contributed by atoms with van der Waals surface area (Å²) in [6.45, 7) is 1.65. The summed E-state index contributed by atoms with van der Waals surface area (Å²) < 4.78 is 26.8. The second-order valence-corrected chi connectivity index (χ2v) is 8.60. The summed E-state index contributed by atoms with van der Waals surface area (Å²) in [5.41, 5.74) is 0. The van der Waals surface area contributed by atoms with E-state index < -0.39 is 21.3 Å².